The second-order valence-electron chi connectivity index (χ2n) is 4.13. The highest BCUT2D eigenvalue weighted by atomic mass is 16.5. The van der Waals surface area contributed by atoms with Gasteiger partial charge >= 0.3 is 0 Å². The van der Waals surface area contributed by atoms with E-state index in [9.17, 15) is 0 Å². The average Bonchev–Trinajstić information content (AvgIpc) is 2.07. The van der Waals surface area contributed by atoms with E-state index < -0.39 is 0 Å². The van der Waals surface area contributed by atoms with Crippen molar-refractivity contribution in [1.29, 1.82) is 0 Å². The van der Waals surface area contributed by atoms with Gasteiger partial charge in [0, 0.05) is 0 Å². The highest BCUT2D eigenvalue weighted by Crippen LogP contribution is 2.12. The molecule has 78 valence electrons. The Balaban J connectivity index is 2.56. The molecule has 1 rings (SSSR count). The van der Waals surface area contributed by atoms with Crippen molar-refractivity contribution >= 4 is 0 Å². The quantitative estimate of drug-likeness (QED) is 0.711. The van der Waals surface area contributed by atoms with Crippen LogP contribution >= 0.6 is 0 Å². The first-order valence-electron chi connectivity index (χ1n) is 5.29. The smallest absolute Gasteiger partial charge is 0.0590 e. The van der Waals surface area contributed by atoms with Crippen LogP contribution in [0.3, 0.4) is 0 Å². The minimum absolute atomic E-state index is 0.302. The zero-order valence-electron chi connectivity index (χ0n) is 9.58. The molecule has 0 bridgehead atoms. The van der Waals surface area contributed by atoms with E-state index in [1.165, 1.54) is 11.1 Å². The second kappa shape index (κ2) is 5.16. The largest absolute Gasteiger partial charge is 0.376 e. The molecule has 0 aromatic heterocycles. The van der Waals surface area contributed by atoms with Crippen LogP contribution in [0.2, 0.25) is 0 Å². The van der Waals surface area contributed by atoms with E-state index in [4.69, 9.17) is 4.74 Å². The van der Waals surface area contributed by atoms with Gasteiger partial charge in [-0.05, 0) is 45.2 Å². The lowest BCUT2D eigenvalue weighted by atomic mass is 10.0. The van der Waals surface area contributed by atoms with Gasteiger partial charge in [-0.25, -0.2) is 0 Å². The Morgan fingerprint density at radius 1 is 1.14 bits per heavy atom. The SMILES string of the molecule is Cc1ccccc1CC(C)OC(C)C. The lowest BCUT2D eigenvalue weighted by Crippen LogP contribution is -2.17. The molecule has 1 aromatic rings. The lowest BCUT2D eigenvalue weighted by Gasteiger charge is -2.17. The molecule has 1 unspecified atom stereocenters. The maximum atomic E-state index is 5.71. The molecular formula is C13H20O. The zero-order chi connectivity index (χ0) is 10.6. The first kappa shape index (κ1) is 11.3. The average molecular weight is 192 g/mol. The molecule has 0 saturated heterocycles. The van der Waals surface area contributed by atoms with Crippen LogP contribution in [-0.2, 0) is 11.2 Å². The number of hydrogen-bond acceptors (Lipinski definition) is 1. The number of rotatable bonds is 4. The fourth-order valence-corrected chi connectivity index (χ4v) is 1.66. The zero-order valence-corrected chi connectivity index (χ0v) is 9.58. The fraction of sp³-hybridized carbons (Fsp3) is 0.538. The second-order valence-corrected chi connectivity index (χ2v) is 4.13. The van der Waals surface area contributed by atoms with Crippen molar-refractivity contribution < 1.29 is 4.74 Å². The first-order chi connectivity index (χ1) is 6.59. The van der Waals surface area contributed by atoms with Crippen LogP contribution in [0.1, 0.15) is 31.9 Å². The standard InChI is InChI=1S/C13H20O/c1-10(2)14-12(4)9-13-8-6-5-7-11(13)3/h5-8,10,12H,9H2,1-4H3. The Hall–Kier alpha value is -0.820. The maximum absolute atomic E-state index is 5.71. The molecule has 0 N–H and O–H groups in total. The summed E-state index contributed by atoms with van der Waals surface area (Å²) in [4.78, 5) is 0. The molecule has 0 aliphatic carbocycles. The fourth-order valence-electron chi connectivity index (χ4n) is 1.66. The van der Waals surface area contributed by atoms with E-state index in [1.54, 1.807) is 0 Å². The van der Waals surface area contributed by atoms with Crippen molar-refractivity contribution in [3.63, 3.8) is 0 Å². The Kier molecular flexibility index (Phi) is 4.15. The normalized spacial score (nSPS) is 13.2. The van der Waals surface area contributed by atoms with Crippen LogP contribution in [0.5, 0.6) is 0 Å². The summed E-state index contributed by atoms with van der Waals surface area (Å²) in [7, 11) is 0. The summed E-state index contributed by atoms with van der Waals surface area (Å²) in [6, 6.07) is 8.49. The van der Waals surface area contributed by atoms with Crippen LogP contribution in [0.4, 0.5) is 0 Å². The van der Waals surface area contributed by atoms with E-state index in [0.717, 1.165) is 6.42 Å². The van der Waals surface area contributed by atoms with E-state index in [0.29, 0.717) is 12.2 Å². The van der Waals surface area contributed by atoms with E-state index in [-0.39, 0.29) is 0 Å². The number of hydrogen-bond donors (Lipinski definition) is 0. The molecule has 14 heavy (non-hydrogen) atoms. The Morgan fingerprint density at radius 2 is 1.79 bits per heavy atom. The molecule has 0 amide bonds. The van der Waals surface area contributed by atoms with Gasteiger partial charge in [0.05, 0.1) is 12.2 Å². The summed E-state index contributed by atoms with van der Waals surface area (Å²) in [5, 5.41) is 0. The molecule has 1 atom stereocenters. The third-order valence-corrected chi connectivity index (χ3v) is 2.27. The molecule has 0 aliphatic rings. The summed E-state index contributed by atoms with van der Waals surface area (Å²) >= 11 is 0. The molecule has 0 aliphatic heterocycles. The van der Waals surface area contributed by atoms with Crippen LogP contribution in [0, 0.1) is 6.92 Å². The summed E-state index contributed by atoms with van der Waals surface area (Å²) < 4.78 is 5.71. The highest BCUT2D eigenvalue weighted by Gasteiger charge is 2.07. The van der Waals surface area contributed by atoms with Gasteiger partial charge in [-0.2, -0.15) is 0 Å². The Bertz CT molecular complexity index is 278. The van der Waals surface area contributed by atoms with E-state index in [1.807, 2.05) is 0 Å². The third kappa shape index (κ3) is 3.51. The van der Waals surface area contributed by atoms with Gasteiger partial charge in [-0.1, -0.05) is 24.3 Å². The molecule has 0 heterocycles. The Labute approximate surface area is 87.1 Å². The van der Waals surface area contributed by atoms with Gasteiger partial charge in [0.1, 0.15) is 0 Å². The molecular weight excluding hydrogens is 172 g/mol. The lowest BCUT2D eigenvalue weighted by molar-refractivity contribution is 0.0194. The van der Waals surface area contributed by atoms with Crippen LogP contribution in [0.15, 0.2) is 24.3 Å². The highest BCUT2D eigenvalue weighted by molar-refractivity contribution is 5.25. The van der Waals surface area contributed by atoms with Gasteiger partial charge < -0.3 is 4.74 Å². The van der Waals surface area contributed by atoms with Crippen molar-refractivity contribution in [2.75, 3.05) is 0 Å². The predicted molar refractivity (Wildman–Crippen MR) is 60.6 cm³/mol. The number of aryl methyl sites for hydroxylation is 1. The van der Waals surface area contributed by atoms with Crippen LogP contribution < -0.4 is 0 Å². The molecule has 1 aromatic carbocycles. The van der Waals surface area contributed by atoms with Gasteiger partial charge in [-0.15, -0.1) is 0 Å². The monoisotopic (exact) mass is 192 g/mol. The summed E-state index contributed by atoms with van der Waals surface area (Å²) in [6.45, 7) is 8.44. The van der Waals surface area contributed by atoms with Crippen molar-refractivity contribution in [2.45, 2.75) is 46.3 Å². The minimum Gasteiger partial charge on any atom is -0.376 e. The number of benzene rings is 1. The van der Waals surface area contributed by atoms with E-state index in [2.05, 4.69) is 52.0 Å². The first-order valence-corrected chi connectivity index (χ1v) is 5.29. The van der Waals surface area contributed by atoms with Crippen molar-refractivity contribution in [2.24, 2.45) is 0 Å². The topological polar surface area (TPSA) is 9.23 Å². The molecule has 0 saturated carbocycles. The Morgan fingerprint density at radius 3 is 2.36 bits per heavy atom. The van der Waals surface area contributed by atoms with Gasteiger partial charge in [-0.3, -0.25) is 0 Å². The molecule has 0 spiro atoms. The molecule has 1 heteroatoms. The summed E-state index contributed by atoms with van der Waals surface area (Å²) in [5.74, 6) is 0. The van der Waals surface area contributed by atoms with Crippen molar-refractivity contribution in [3.8, 4) is 0 Å². The van der Waals surface area contributed by atoms with Gasteiger partial charge in [0.25, 0.3) is 0 Å². The third-order valence-electron chi connectivity index (χ3n) is 2.27. The van der Waals surface area contributed by atoms with Crippen molar-refractivity contribution in [1.82, 2.24) is 0 Å². The summed E-state index contributed by atoms with van der Waals surface area (Å²) in [6.07, 6.45) is 1.62. The van der Waals surface area contributed by atoms with E-state index >= 15 is 0 Å². The minimum atomic E-state index is 0.302. The predicted octanol–water partition coefficient (Wildman–Crippen LogP) is 3.35. The maximum Gasteiger partial charge on any atom is 0.0590 e. The molecule has 1 nitrogen and oxygen atoms in total. The van der Waals surface area contributed by atoms with Crippen LogP contribution in [0.25, 0.3) is 0 Å². The molecule has 0 fully saturated rings. The molecule has 0 radical (unpaired) electrons. The van der Waals surface area contributed by atoms with Crippen LogP contribution in [-0.4, -0.2) is 12.2 Å². The van der Waals surface area contributed by atoms with Gasteiger partial charge in [0.2, 0.25) is 0 Å². The van der Waals surface area contributed by atoms with Crippen molar-refractivity contribution in [3.05, 3.63) is 35.4 Å². The van der Waals surface area contributed by atoms with Gasteiger partial charge in [0.15, 0.2) is 0 Å². The summed E-state index contributed by atoms with van der Waals surface area (Å²) in [5.41, 5.74) is 2.74. The number of ether oxygens (including phenoxy) is 1.